The van der Waals surface area contributed by atoms with E-state index >= 15 is 0 Å². The molecular weight excluding hydrogens is 404 g/mol. The standard InChI is InChI=1S/C22H26N2O5S/c1-17-2-8-20(9-3-17)30(26,27)23-16-18-4-6-19(7-5-18)21(25)24-12-10-22(11-13-24)28-14-15-29-22/h2-9,23H,10-16H2,1H3. The fraction of sp³-hybridized carbons (Fsp3) is 0.409. The molecule has 0 aliphatic carbocycles. The maximum Gasteiger partial charge on any atom is 0.253 e. The van der Waals surface area contributed by atoms with Crippen molar-refractivity contribution in [3.8, 4) is 0 Å². The number of nitrogens with one attached hydrogen (secondary N) is 1. The lowest BCUT2D eigenvalue weighted by molar-refractivity contribution is -0.181. The Labute approximate surface area is 177 Å². The van der Waals surface area contributed by atoms with Gasteiger partial charge in [-0.05, 0) is 36.8 Å². The first-order valence-corrected chi connectivity index (χ1v) is 11.6. The maximum atomic E-state index is 12.8. The molecule has 2 heterocycles. The largest absolute Gasteiger partial charge is 0.347 e. The molecule has 0 radical (unpaired) electrons. The number of benzene rings is 2. The Morgan fingerprint density at radius 3 is 2.20 bits per heavy atom. The predicted molar refractivity (Wildman–Crippen MR) is 111 cm³/mol. The summed E-state index contributed by atoms with van der Waals surface area (Å²) >= 11 is 0. The van der Waals surface area contributed by atoms with Gasteiger partial charge in [0.15, 0.2) is 5.79 Å². The van der Waals surface area contributed by atoms with Gasteiger partial charge in [0.05, 0.1) is 18.1 Å². The lowest BCUT2D eigenvalue weighted by atomic mass is 10.0. The zero-order valence-electron chi connectivity index (χ0n) is 17.0. The van der Waals surface area contributed by atoms with Gasteiger partial charge in [-0.2, -0.15) is 0 Å². The van der Waals surface area contributed by atoms with Crippen molar-refractivity contribution in [3.05, 3.63) is 65.2 Å². The zero-order valence-corrected chi connectivity index (χ0v) is 17.8. The molecule has 0 aromatic heterocycles. The van der Waals surface area contributed by atoms with Gasteiger partial charge in [-0.25, -0.2) is 13.1 Å². The third-order valence-corrected chi connectivity index (χ3v) is 7.04. The second kappa shape index (κ2) is 8.47. The second-order valence-electron chi connectivity index (χ2n) is 7.73. The Bertz CT molecular complexity index is 987. The van der Waals surface area contributed by atoms with Crippen LogP contribution in [0.15, 0.2) is 53.4 Å². The Morgan fingerprint density at radius 1 is 1.00 bits per heavy atom. The molecule has 2 aliphatic heterocycles. The predicted octanol–water partition coefficient (Wildman–Crippen LogP) is 2.45. The number of amides is 1. The summed E-state index contributed by atoms with van der Waals surface area (Å²) in [5, 5.41) is 0. The smallest absolute Gasteiger partial charge is 0.253 e. The number of hydrogen-bond donors (Lipinski definition) is 1. The molecule has 1 spiro atoms. The summed E-state index contributed by atoms with van der Waals surface area (Å²) in [6, 6.07) is 13.7. The summed E-state index contributed by atoms with van der Waals surface area (Å²) in [5.41, 5.74) is 2.37. The van der Waals surface area contributed by atoms with E-state index in [1.54, 1.807) is 48.5 Å². The molecule has 7 nitrogen and oxygen atoms in total. The Balaban J connectivity index is 1.33. The normalized spacial score (nSPS) is 18.6. The average Bonchev–Trinajstić information content (AvgIpc) is 3.21. The lowest BCUT2D eigenvalue weighted by Gasteiger charge is -2.37. The number of piperidine rings is 1. The van der Waals surface area contributed by atoms with Crippen LogP contribution < -0.4 is 4.72 Å². The molecule has 0 unspecified atom stereocenters. The molecular formula is C22H26N2O5S. The Hall–Kier alpha value is -2.26. The molecule has 0 saturated carbocycles. The van der Waals surface area contributed by atoms with E-state index < -0.39 is 15.8 Å². The van der Waals surface area contributed by atoms with Crippen molar-refractivity contribution in [2.75, 3.05) is 26.3 Å². The summed E-state index contributed by atoms with van der Waals surface area (Å²) < 4.78 is 38.8. The molecule has 8 heteroatoms. The van der Waals surface area contributed by atoms with E-state index in [0.29, 0.717) is 44.7 Å². The van der Waals surface area contributed by atoms with Gasteiger partial charge < -0.3 is 14.4 Å². The molecule has 2 aromatic carbocycles. The van der Waals surface area contributed by atoms with Gasteiger partial charge in [-0.15, -0.1) is 0 Å². The number of aryl methyl sites for hydroxylation is 1. The van der Waals surface area contributed by atoms with Crippen LogP contribution in [0.5, 0.6) is 0 Å². The quantitative estimate of drug-likeness (QED) is 0.788. The van der Waals surface area contributed by atoms with Crippen molar-refractivity contribution in [3.63, 3.8) is 0 Å². The van der Waals surface area contributed by atoms with Crippen molar-refractivity contribution in [2.24, 2.45) is 0 Å². The minimum atomic E-state index is -3.58. The van der Waals surface area contributed by atoms with Gasteiger partial charge >= 0.3 is 0 Å². The minimum absolute atomic E-state index is 0.0327. The van der Waals surface area contributed by atoms with Crippen LogP contribution in [0, 0.1) is 6.92 Å². The monoisotopic (exact) mass is 430 g/mol. The number of likely N-dealkylation sites (tertiary alicyclic amines) is 1. The van der Waals surface area contributed by atoms with Gasteiger partial charge in [0.1, 0.15) is 0 Å². The topological polar surface area (TPSA) is 84.9 Å². The molecule has 1 N–H and O–H groups in total. The first-order chi connectivity index (χ1) is 14.4. The highest BCUT2D eigenvalue weighted by Crippen LogP contribution is 2.31. The second-order valence-corrected chi connectivity index (χ2v) is 9.50. The fourth-order valence-electron chi connectivity index (χ4n) is 3.76. The van der Waals surface area contributed by atoms with Crippen molar-refractivity contribution < 1.29 is 22.7 Å². The number of rotatable bonds is 5. The van der Waals surface area contributed by atoms with Crippen LogP contribution >= 0.6 is 0 Å². The van der Waals surface area contributed by atoms with Crippen molar-refractivity contribution in [2.45, 2.75) is 37.0 Å². The van der Waals surface area contributed by atoms with Crippen molar-refractivity contribution >= 4 is 15.9 Å². The number of ether oxygens (including phenoxy) is 2. The van der Waals surface area contributed by atoms with Crippen LogP contribution in [-0.2, 0) is 26.0 Å². The summed E-state index contributed by atoms with van der Waals surface area (Å²) in [6.07, 6.45) is 1.36. The SMILES string of the molecule is Cc1ccc(S(=O)(=O)NCc2ccc(C(=O)N3CCC4(CC3)OCCO4)cc2)cc1. The summed E-state index contributed by atoms with van der Waals surface area (Å²) in [5.74, 6) is -0.537. The van der Waals surface area contributed by atoms with E-state index in [4.69, 9.17) is 9.47 Å². The first-order valence-electron chi connectivity index (χ1n) is 10.1. The number of carbonyl (C=O) groups excluding carboxylic acids is 1. The molecule has 1 amide bonds. The molecule has 2 saturated heterocycles. The van der Waals surface area contributed by atoms with E-state index in [0.717, 1.165) is 11.1 Å². The van der Waals surface area contributed by atoms with Crippen molar-refractivity contribution in [1.82, 2.24) is 9.62 Å². The summed E-state index contributed by atoms with van der Waals surface area (Å²) in [7, 11) is -3.58. The summed E-state index contributed by atoms with van der Waals surface area (Å²) in [6.45, 7) is 4.48. The molecule has 160 valence electrons. The molecule has 0 atom stereocenters. The van der Waals surface area contributed by atoms with Gasteiger partial charge in [0.25, 0.3) is 5.91 Å². The lowest BCUT2D eigenvalue weighted by Crippen LogP contribution is -2.47. The third kappa shape index (κ3) is 4.57. The van der Waals surface area contributed by atoms with Gasteiger partial charge in [0, 0.05) is 38.0 Å². The third-order valence-electron chi connectivity index (χ3n) is 5.62. The van der Waals surface area contributed by atoms with Crippen molar-refractivity contribution in [1.29, 1.82) is 0 Å². The molecule has 2 aliphatic rings. The van der Waals surface area contributed by atoms with E-state index in [1.165, 1.54) is 0 Å². The highest BCUT2D eigenvalue weighted by molar-refractivity contribution is 7.89. The molecule has 2 aromatic rings. The number of carbonyl (C=O) groups is 1. The van der Waals surface area contributed by atoms with Gasteiger partial charge in [0.2, 0.25) is 10.0 Å². The fourth-order valence-corrected chi connectivity index (χ4v) is 4.78. The van der Waals surface area contributed by atoms with E-state index in [2.05, 4.69) is 4.72 Å². The molecule has 4 rings (SSSR count). The number of nitrogens with zero attached hydrogens (tertiary/aromatic N) is 1. The van der Waals surface area contributed by atoms with Crippen LogP contribution in [-0.4, -0.2) is 51.3 Å². The number of hydrogen-bond acceptors (Lipinski definition) is 5. The highest BCUT2D eigenvalue weighted by atomic mass is 32.2. The average molecular weight is 431 g/mol. The minimum Gasteiger partial charge on any atom is -0.347 e. The summed E-state index contributed by atoms with van der Waals surface area (Å²) in [4.78, 5) is 14.8. The highest BCUT2D eigenvalue weighted by Gasteiger charge is 2.40. The van der Waals surface area contributed by atoms with E-state index in [1.807, 2.05) is 11.8 Å². The Morgan fingerprint density at radius 2 is 1.60 bits per heavy atom. The number of sulfonamides is 1. The Kier molecular flexibility index (Phi) is 5.92. The molecule has 2 fully saturated rings. The van der Waals surface area contributed by atoms with E-state index in [-0.39, 0.29) is 17.3 Å². The molecule has 30 heavy (non-hydrogen) atoms. The van der Waals surface area contributed by atoms with Crippen LogP contribution in [0.25, 0.3) is 0 Å². The van der Waals surface area contributed by atoms with Crippen LogP contribution in [0.2, 0.25) is 0 Å². The van der Waals surface area contributed by atoms with E-state index in [9.17, 15) is 13.2 Å². The van der Waals surface area contributed by atoms with Gasteiger partial charge in [-0.3, -0.25) is 4.79 Å². The first kappa shape index (κ1) is 21.0. The molecule has 0 bridgehead atoms. The van der Waals surface area contributed by atoms with Gasteiger partial charge in [-0.1, -0.05) is 29.8 Å². The van der Waals surface area contributed by atoms with Crippen LogP contribution in [0.4, 0.5) is 0 Å². The maximum absolute atomic E-state index is 12.8. The van der Waals surface area contributed by atoms with Crippen LogP contribution in [0.1, 0.15) is 34.3 Å². The van der Waals surface area contributed by atoms with Crippen LogP contribution in [0.3, 0.4) is 0 Å². The zero-order chi connectivity index (χ0) is 21.2.